The Morgan fingerprint density at radius 2 is 0.900 bits per heavy atom. The van der Waals surface area contributed by atoms with Crippen LogP contribution in [0, 0.1) is 0 Å². The average molecular weight is 505 g/mol. The van der Waals surface area contributed by atoms with E-state index in [0.29, 0.717) is 13.1 Å². The number of nitrogens with one attached hydrogen (secondary N) is 1. The number of halogens is 13. The lowest BCUT2D eigenvalue weighted by Gasteiger charge is -2.38. The van der Waals surface area contributed by atoms with E-state index < -0.39 is 45.2 Å². The molecule has 0 heterocycles. The summed E-state index contributed by atoms with van der Waals surface area (Å²) < 4.78 is 188. The van der Waals surface area contributed by atoms with Crippen LogP contribution in [0.3, 0.4) is 0 Å². The maximum absolute atomic E-state index is 12.7. The molecule has 6 nitrogen and oxygen atoms in total. The summed E-state index contributed by atoms with van der Waals surface area (Å²) in [7, 11) is -7.61. The molecule has 0 unspecified atom stereocenters. The van der Waals surface area contributed by atoms with Crippen LogP contribution >= 0.6 is 0 Å². The van der Waals surface area contributed by atoms with Crippen molar-refractivity contribution in [3.63, 3.8) is 0 Å². The molecule has 0 aromatic carbocycles. The van der Waals surface area contributed by atoms with Crippen LogP contribution in [0.25, 0.3) is 0 Å². The highest BCUT2D eigenvalue weighted by atomic mass is 32.2. The minimum absolute atomic E-state index is 0.139. The van der Waals surface area contributed by atoms with Gasteiger partial charge in [-0.25, -0.2) is 0 Å². The Balaban J connectivity index is 0. The van der Waals surface area contributed by atoms with Crippen molar-refractivity contribution in [3.8, 4) is 0 Å². The molecule has 0 rings (SSSR count). The van der Waals surface area contributed by atoms with Crippen molar-refractivity contribution in [2.24, 2.45) is 0 Å². The van der Waals surface area contributed by atoms with E-state index in [-0.39, 0.29) is 13.2 Å². The summed E-state index contributed by atoms with van der Waals surface area (Å²) in [5.74, 6) is -32.5. The topological polar surface area (TPSA) is 107 Å². The van der Waals surface area contributed by atoms with E-state index in [1.54, 1.807) is 0 Å². The highest BCUT2D eigenvalue weighted by Crippen LogP contribution is 2.60. The normalized spacial score (nSPS) is 14.9. The fourth-order valence-electron chi connectivity index (χ4n) is 1.20. The fraction of sp³-hybridized carbons (Fsp3) is 1.00. The Bertz CT molecular complexity index is 645. The third-order valence-electron chi connectivity index (χ3n) is 2.81. The molecule has 0 saturated carbocycles. The van der Waals surface area contributed by atoms with Crippen molar-refractivity contribution in [1.29, 1.82) is 0 Å². The smallest absolute Gasteiger partial charge is 0.395 e. The lowest BCUT2D eigenvalue weighted by Crippen LogP contribution is -2.71. The highest BCUT2D eigenvalue weighted by molar-refractivity contribution is 7.87. The number of rotatable bonds is 9. The van der Waals surface area contributed by atoms with Crippen LogP contribution in [0.15, 0.2) is 0 Å². The second-order valence-electron chi connectivity index (χ2n) is 4.98. The number of alkyl halides is 13. The standard InChI is InChI=1S/C6HF13O3S.C4H11NO2/c7-1(8,3(11,12)5(15,16)17)2(9,10)4(13,14)6(18,19)23(20,21)22;6-3-1-5-2-4-7/h(H,20,21,22);5-7H,1-4H2. The molecule has 0 aromatic heterocycles. The van der Waals surface area contributed by atoms with Crippen LogP contribution in [-0.2, 0) is 10.1 Å². The maximum Gasteiger partial charge on any atom is 0.460 e. The SMILES string of the molecule is O=S(=O)(O)C(F)(F)C(F)(F)C(F)(F)C(F)(F)C(F)(F)C(F)(F)F.OCCNCCO. The number of aliphatic hydroxyl groups is 2. The second kappa shape index (κ2) is 9.57. The minimum Gasteiger partial charge on any atom is -0.395 e. The van der Waals surface area contributed by atoms with E-state index in [1.165, 1.54) is 0 Å². The van der Waals surface area contributed by atoms with Gasteiger partial charge in [-0.15, -0.1) is 0 Å². The van der Waals surface area contributed by atoms with Crippen molar-refractivity contribution in [3.05, 3.63) is 0 Å². The van der Waals surface area contributed by atoms with Gasteiger partial charge in [0.1, 0.15) is 0 Å². The third-order valence-corrected chi connectivity index (χ3v) is 3.71. The van der Waals surface area contributed by atoms with Gasteiger partial charge in [0, 0.05) is 13.1 Å². The predicted molar refractivity (Wildman–Crippen MR) is 69.4 cm³/mol. The van der Waals surface area contributed by atoms with E-state index in [0.717, 1.165) is 0 Å². The summed E-state index contributed by atoms with van der Waals surface area (Å²) in [5, 5.41) is 11.6. The molecule has 0 bridgehead atoms. The first kappa shape index (κ1) is 31.1. The summed E-state index contributed by atoms with van der Waals surface area (Å²) in [6, 6.07) is 0. The predicted octanol–water partition coefficient (Wildman–Crippen LogP) is 2.13. The van der Waals surface area contributed by atoms with E-state index in [1.807, 2.05) is 0 Å². The Labute approximate surface area is 158 Å². The van der Waals surface area contributed by atoms with Crippen LogP contribution in [-0.4, -0.2) is 84.6 Å². The van der Waals surface area contributed by atoms with Gasteiger partial charge in [-0.1, -0.05) is 0 Å². The van der Waals surface area contributed by atoms with Crippen molar-refractivity contribution in [2.45, 2.75) is 35.1 Å². The number of hydrogen-bond donors (Lipinski definition) is 4. The molecule has 4 N–H and O–H groups in total. The fourth-order valence-corrected chi connectivity index (χ4v) is 1.65. The van der Waals surface area contributed by atoms with E-state index >= 15 is 0 Å². The van der Waals surface area contributed by atoms with Gasteiger partial charge in [0.25, 0.3) is 0 Å². The zero-order valence-corrected chi connectivity index (χ0v) is 14.6. The molecule has 30 heavy (non-hydrogen) atoms. The van der Waals surface area contributed by atoms with Crippen LogP contribution in [0.2, 0.25) is 0 Å². The highest BCUT2D eigenvalue weighted by Gasteiger charge is 2.92. The zero-order valence-electron chi connectivity index (χ0n) is 13.8. The van der Waals surface area contributed by atoms with Gasteiger partial charge in [0.15, 0.2) is 0 Å². The van der Waals surface area contributed by atoms with Gasteiger partial charge in [0.05, 0.1) is 13.2 Å². The molecule has 0 fully saturated rings. The Kier molecular flexibility index (Phi) is 9.91. The molecule has 0 aliphatic rings. The molecule has 0 radical (unpaired) electrons. The van der Waals surface area contributed by atoms with Crippen molar-refractivity contribution in [2.75, 3.05) is 26.3 Å². The summed E-state index contributed by atoms with van der Waals surface area (Å²) in [5.41, 5.74) is 0. The lowest BCUT2D eigenvalue weighted by atomic mass is 9.98. The van der Waals surface area contributed by atoms with Gasteiger partial charge in [0.2, 0.25) is 0 Å². The molecule has 0 spiro atoms. The van der Waals surface area contributed by atoms with Gasteiger partial charge in [-0.05, 0) is 0 Å². The molecule has 0 aliphatic carbocycles. The zero-order chi connectivity index (χ0) is 25.0. The Morgan fingerprint density at radius 1 is 0.600 bits per heavy atom. The summed E-state index contributed by atoms with van der Waals surface area (Å²) in [6.45, 7) is 1.42. The average Bonchev–Trinajstić information content (AvgIpc) is 2.53. The largest absolute Gasteiger partial charge is 0.460 e. The monoisotopic (exact) mass is 505 g/mol. The minimum atomic E-state index is -8.25. The molecule has 20 heteroatoms. The van der Waals surface area contributed by atoms with Crippen LogP contribution in [0.1, 0.15) is 0 Å². The summed E-state index contributed by atoms with van der Waals surface area (Å²) in [4.78, 5) is 0. The summed E-state index contributed by atoms with van der Waals surface area (Å²) >= 11 is 0. The lowest BCUT2D eigenvalue weighted by molar-refractivity contribution is -0.433. The maximum atomic E-state index is 12.7. The van der Waals surface area contributed by atoms with E-state index in [4.69, 9.17) is 14.8 Å². The Morgan fingerprint density at radius 3 is 1.13 bits per heavy atom. The molecule has 0 aromatic rings. The Hall–Kier alpha value is -1.12. The molecule has 0 atom stereocenters. The second-order valence-corrected chi connectivity index (χ2v) is 6.45. The van der Waals surface area contributed by atoms with Gasteiger partial charge in [-0.3, -0.25) is 4.55 Å². The molecule has 184 valence electrons. The van der Waals surface area contributed by atoms with E-state index in [2.05, 4.69) is 5.32 Å². The first-order valence-corrected chi connectivity index (χ1v) is 8.21. The third kappa shape index (κ3) is 5.56. The van der Waals surface area contributed by atoms with Crippen LogP contribution in [0.5, 0.6) is 0 Å². The van der Waals surface area contributed by atoms with Crippen molar-refractivity contribution >= 4 is 10.1 Å². The number of aliphatic hydroxyl groups excluding tert-OH is 2. The first-order chi connectivity index (χ1) is 12.9. The molecular weight excluding hydrogens is 493 g/mol. The molecule has 0 amide bonds. The van der Waals surface area contributed by atoms with Crippen molar-refractivity contribution < 1.29 is 80.3 Å². The van der Waals surface area contributed by atoms with Gasteiger partial charge < -0.3 is 15.5 Å². The van der Waals surface area contributed by atoms with Gasteiger partial charge in [-0.2, -0.15) is 65.5 Å². The van der Waals surface area contributed by atoms with Gasteiger partial charge >= 0.3 is 45.2 Å². The van der Waals surface area contributed by atoms with E-state index in [9.17, 15) is 65.5 Å². The summed E-state index contributed by atoms with van der Waals surface area (Å²) in [6.07, 6.45) is -7.59. The van der Waals surface area contributed by atoms with Crippen LogP contribution in [0.4, 0.5) is 57.1 Å². The molecular formula is C10H12F13NO5S. The van der Waals surface area contributed by atoms with Crippen molar-refractivity contribution in [1.82, 2.24) is 5.32 Å². The molecule has 0 saturated heterocycles. The van der Waals surface area contributed by atoms with Crippen LogP contribution < -0.4 is 5.32 Å². The first-order valence-electron chi connectivity index (χ1n) is 6.77. The number of hydrogen-bond acceptors (Lipinski definition) is 5. The molecule has 0 aliphatic heterocycles. The quantitative estimate of drug-likeness (QED) is 0.218.